The van der Waals surface area contributed by atoms with Gasteiger partial charge in [0.15, 0.2) is 0 Å². The maximum absolute atomic E-state index is 11.4. The van der Waals surface area contributed by atoms with Gasteiger partial charge in [-0.1, -0.05) is 0 Å². The van der Waals surface area contributed by atoms with E-state index in [1.807, 2.05) is 36.2 Å². The molecule has 0 radical (unpaired) electrons. The predicted octanol–water partition coefficient (Wildman–Crippen LogP) is 1.78. The van der Waals surface area contributed by atoms with Crippen molar-refractivity contribution >= 4 is 20.7 Å². The Bertz CT molecular complexity index is 337. The van der Waals surface area contributed by atoms with Crippen LogP contribution in [-0.4, -0.2) is 20.7 Å². The van der Waals surface area contributed by atoms with E-state index in [4.69, 9.17) is 5.26 Å². The number of carbonyl (C=O) groups is 1. The van der Waals surface area contributed by atoms with Crippen molar-refractivity contribution in [3.05, 3.63) is 35.4 Å². The summed E-state index contributed by atoms with van der Waals surface area (Å²) in [6.07, 6.45) is 0. The summed E-state index contributed by atoms with van der Waals surface area (Å²) in [4.78, 5) is 13.4. The Hall–Kier alpha value is -1.10. The quantitative estimate of drug-likeness (QED) is 0.595. The molecule has 0 aliphatic rings. The fourth-order valence-corrected chi connectivity index (χ4v) is 1.68. The molecule has 13 heavy (non-hydrogen) atoms. The van der Waals surface area contributed by atoms with Crippen molar-refractivity contribution in [2.75, 3.05) is 0 Å². The van der Waals surface area contributed by atoms with Crippen LogP contribution >= 0.6 is 0 Å². The van der Waals surface area contributed by atoms with Gasteiger partial charge in [0, 0.05) is 0 Å². The van der Waals surface area contributed by atoms with E-state index in [1.54, 1.807) is 0 Å². The number of nitrogens with zero attached hydrogens (tertiary/aromatic N) is 1. The molecule has 0 aromatic heterocycles. The second-order valence-electron chi connectivity index (χ2n) is 2.67. The van der Waals surface area contributed by atoms with Crippen LogP contribution in [-0.2, 0) is 0 Å². The molecule has 66 valence electrons. The molecule has 0 amide bonds. The van der Waals surface area contributed by atoms with Gasteiger partial charge < -0.3 is 0 Å². The average molecular weight is 238 g/mol. The van der Waals surface area contributed by atoms with Crippen LogP contribution in [0.25, 0.3) is 0 Å². The number of aryl methyl sites for hydroxylation is 1. The zero-order chi connectivity index (χ0) is 9.68. The standard InChI is InChI=1S/C10H9NOSe/c1-8-2-4-9(5-3-8)10(12)6-13-7-11/h2-5H,6H2,1H3. The molecule has 0 bridgehead atoms. The van der Waals surface area contributed by atoms with Crippen molar-refractivity contribution in [2.24, 2.45) is 0 Å². The number of nitriles is 1. The van der Waals surface area contributed by atoms with Gasteiger partial charge in [0.2, 0.25) is 0 Å². The summed E-state index contributed by atoms with van der Waals surface area (Å²) in [5.74, 6) is 0.0709. The van der Waals surface area contributed by atoms with E-state index < -0.39 is 0 Å². The molecule has 0 unspecified atom stereocenters. The van der Waals surface area contributed by atoms with E-state index >= 15 is 0 Å². The number of ketones is 1. The van der Waals surface area contributed by atoms with Gasteiger partial charge in [-0.2, -0.15) is 0 Å². The van der Waals surface area contributed by atoms with Gasteiger partial charge >= 0.3 is 83.4 Å². The van der Waals surface area contributed by atoms with E-state index in [0.717, 1.165) is 5.56 Å². The average Bonchev–Trinajstić information content (AvgIpc) is 2.15. The van der Waals surface area contributed by atoms with Crippen LogP contribution in [0.2, 0.25) is 5.32 Å². The van der Waals surface area contributed by atoms with Crippen LogP contribution in [0.1, 0.15) is 15.9 Å². The van der Waals surface area contributed by atoms with Gasteiger partial charge in [0.1, 0.15) is 0 Å². The molecule has 0 fully saturated rings. The number of rotatable bonds is 3. The first-order chi connectivity index (χ1) is 6.24. The van der Waals surface area contributed by atoms with Crippen LogP contribution < -0.4 is 0 Å². The fraction of sp³-hybridized carbons (Fsp3) is 0.200. The van der Waals surface area contributed by atoms with Crippen LogP contribution in [0.15, 0.2) is 24.3 Å². The monoisotopic (exact) mass is 239 g/mol. The predicted molar refractivity (Wildman–Crippen MR) is 51.7 cm³/mol. The van der Waals surface area contributed by atoms with Crippen LogP contribution in [0.5, 0.6) is 0 Å². The summed E-state index contributed by atoms with van der Waals surface area (Å²) in [5.41, 5.74) is 1.85. The third-order valence-corrected chi connectivity index (χ3v) is 2.77. The van der Waals surface area contributed by atoms with Gasteiger partial charge in [-0.15, -0.1) is 0 Å². The van der Waals surface area contributed by atoms with Gasteiger partial charge in [-0.3, -0.25) is 0 Å². The first-order valence-corrected chi connectivity index (χ1v) is 5.91. The summed E-state index contributed by atoms with van der Waals surface area (Å²) in [6, 6.07) is 7.44. The zero-order valence-corrected chi connectivity index (χ0v) is 8.99. The van der Waals surface area contributed by atoms with Crippen molar-refractivity contribution < 1.29 is 4.79 Å². The first kappa shape index (κ1) is 9.98. The van der Waals surface area contributed by atoms with Crippen molar-refractivity contribution in [2.45, 2.75) is 12.2 Å². The third kappa shape index (κ3) is 3.02. The number of carbonyl (C=O) groups excluding carboxylic acids is 1. The molecular weight excluding hydrogens is 229 g/mol. The number of hydrogen-bond acceptors (Lipinski definition) is 2. The van der Waals surface area contributed by atoms with E-state index in [2.05, 4.69) is 0 Å². The molecule has 0 aliphatic heterocycles. The molecule has 0 spiro atoms. The van der Waals surface area contributed by atoms with E-state index in [-0.39, 0.29) is 20.7 Å². The maximum atomic E-state index is 11.4. The van der Waals surface area contributed by atoms with Crippen LogP contribution in [0.4, 0.5) is 0 Å². The van der Waals surface area contributed by atoms with Gasteiger partial charge in [-0.05, 0) is 0 Å². The van der Waals surface area contributed by atoms with Crippen molar-refractivity contribution in [3.63, 3.8) is 0 Å². The molecule has 0 saturated heterocycles. The van der Waals surface area contributed by atoms with Crippen LogP contribution in [0, 0.1) is 17.2 Å². The molecule has 1 aromatic rings. The number of benzene rings is 1. The molecule has 2 nitrogen and oxygen atoms in total. The minimum atomic E-state index is -0.206. The van der Waals surface area contributed by atoms with Gasteiger partial charge in [-0.25, -0.2) is 0 Å². The Balaban J connectivity index is 2.68. The SMILES string of the molecule is Cc1ccc(C(=O)C[Se]C#N)cc1. The molecule has 0 aliphatic carbocycles. The molecule has 0 heterocycles. The number of Topliss-reactive ketones (excluding diaryl/α,β-unsaturated/α-hetero) is 1. The molecule has 0 N–H and O–H groups in total. The Morgan fingerprint density at radius 3 is 2.62 bits per heavy atom. The van der Waals surface area contributed by atoms with E-state index in [1.165, 1.54) is 0 Å². The summed E-state index contributed by atoms with van der Waals surface area (Å²) in [6.45, 7) is 1.98. The Labute approximate surface area is 83.7 Å². The van der Waals surface area contributed by atoms with Crippen molar-refractivity contribution in [3.8, 4) is 4.97 Å². The summed E-state index contributed by atoms with van der Waals surface area (Å²) in [5, 5.41) is 8.71. The topological polar surface area (TPSA) is 40.9 Å². The Morgan fingerprint density at radius 1 is 1.46 bits per heavy atom. The van der Waals surface area contributed by atoms with Crippen molar-refractivity contribution in [1.82, 2.24) is 0 Å². The minimum absolute atomic E-state index is 0.0709. The fourth-order valence-electron chi connectivity index (χ4n) is 0.921. The van der Waals surface area contributed by atoms with Crippen LogP contribution in [0.3, 0.4) is 0 Å². The van der Waals surface area contributed by atoms with E-state index in [0.29, 0.717) is 10.9 Å². The second-order valence-corrected chi connectivity index (χ2v) is 4.26. The summed E-state index contributed by atoms with van der Waals surface area (Å²) < 4.78 is 0. The molecule has 0 saturated carbocycles. The summed E-state index contributed by atoms with van der Waals surface area (Å²) in [7, 11) is 0. The van der Waals surface area contributed by atoms with Crippen molar-refractivity contribution in [1.29, 1.82) is 5.26 Å². The molecule has 0 atom stereocenters. The second kappa shape index (κ2) is 4.81. The zero-order valence-electron chi connectivity index (χ0n) is 7.28. The molecular formula is C10H9NOSe. The molecule has 1 rings (SSSR count). The normalized spacial score (nSPS) is 9.23. The van der Waals surface area contributed by atoms with E-state index in [9.17, 15) is 4.79 Å². The van der Waals surface area contributed by atoms with Gasteiger partial charge in [0.25, 0.3) is 0 Å². The van der Waals surface area contributed by atoms with Gasteiger partial charge in [0.05, 0.1) is 0 Å². The molecule has 3 heteroatoms. The first-order valence-electron chi connectivity index (χ1n) is 3.85. The third-order valence-electron chi connectivity index (χ3n) is 1.64. The Kier molecular flexibility index (Phi) is 3.70. The molecule has 1 aromatic carbocycles. The summed E-state index contributed by atoms with van der Waals surface area (Å²) >= 11 is -0.206. The Morgan fingerprint density at radius 2 is 2.08 bits per heavy atom. The number of hydrogen-bond donors (Lipinski definition) is 0.